The lowest BCUT2D eigenvalue weighted by atomic mass is 9.88. The fraction of sp³-hybridized carbons (Fsp3) is 0.312. The number of aryl methyl sites for hydroxylation is 1. The van der Waals surface area contributed by atoms with Crippen molar-refractivity contribution in [3.63, 3.8) is 0 Å². The van der Waals surface area contributed by atoms with Crippen molar-refractivity contribution in [2.24, 2.45) is 5.92 Å². The molecule has 1 aliphatic heterocycles. The third kappa shape index (κ3) is 5.66. The average molecular weight is 501 g/mol. The number of allylic oxidation sites excluding steroid dienone is 2. The number of aromatic nitrogens is 1. The van der Waals surface area contributed by atoms with Crippen LogP contribution in [0.3, 0.4) is 0 Å². The lowest BCUT2D eigenvalue weighted by molar-refractivity contribution is 0.101. The van der Waals surface area contributed by atoms with E-state index in [0.717, 1.165) is 28.0 Å². The molecule has 2 heterocycles. The third-order valence-corrected chi connectivity index (χ3v) is 6.69. The van der Waals surface area contributed by atoms with Gasteiger partial charge in [0.15, 0.2) is 11.2 Å². The molecule has 1 aromatic heterocycles. The van der Waals surface area contributed by atoms with E-state index in [-0.39, 0.29) is 34.6 Å². The van der Waals surface area contributed by atoms with Crippen molar-refractivity contribution in [2.45, 2.75) is 47.6 Å². The van der Waals surface area contributed by atoms with Crippen LogP contribution in [0, 0.1) is 18.7 Å². The summed E-state index contributed by atoms with van der Waals surface area (Å²) in [6, 6.07) is 16.1. The number of rotatable bonds is 5. The molecule has 3 aromatic rings. The van der Waals surface area contributed by atoms with Crippen LogP contribution in [0.5, 0.6) is 0 Å². The number of carbonyl (C=O) groups is 1. The van der Waals surface area contributed by atoms with Gasteiger partial charge >= 0.3 is 0 Å². The van der Waals surface area contributed by atoms with Gasteiger partial charge in [-0.3, -0.25) is 9.59 Å². The van der Waals surface area contributed by atoms with Crippen molar-refractivity contribution in [1.29, 1.82) is 0 Å². The van der Waals surface area contributed by atoms with Crippen molar-refractivity contribution in [3.8, 4) is 0 Å². The van der Waals surface area contributed by atoms with E-state index < -0.39 is 0 Å². The van der Waals surface area contributed by atoms with Crippen molar-refractivity contribution in [1.82, 2.24) is 9.47 Å². The summed E-state index contributed by atoms with van der Waals surface area (Å²) in [4.78, 5) is 27.3. The Balaban J connectivity index is 0.00000186. The van der Waals surface area contributed by atoms with Crippen LogP contribution >= 0.6 is 0 Å². The number of pyridine rings is 1. The molecule has 4 nitrogen and oxygen atoms in total. The Labute approximate surface area is 219 Å². The van der Waals surface area contributed by atoms with Crippen molar-refractivity contribution >= 4 is 22.6 Å². The Morgan fingerprint density at radius 3 is 2.30 bits per heavy atom. The molecule has 1 unspecified atom stereocenters. The Hall–Kier alpha value is -3.73. The Morgan fingerprint density at radius 1 is 1.05 bits per heavy atom. The highest BCUT2D eigenvalue weighted by molar-refractivity contribution is 6.13. The molecular weight excluding hydrogens is 463 g/mol. The van der Waals surface area contributed by atoms with Gasteiger partial charge in [0.05, 0.1) is 23.0 Å². The van der Waals surface area contributed by atoms with Gasteiger partial charge in [-0.1, -0.05) is 76.2 Å². The molecule has 194 valence electrons. The number of halogens is 1. The summed E-state index contributed by atoms with van der Waals surface area (Å²) in [5, 5.41) is 0. The summed E-state index contributed by atoms with van der Waals surface area (Å²) in [7, 11) is 1.99. The maximum absolute atomic E-state index is 14.4. The number of Topliss-reactive ketones (excluding diaryl/α,β-unsaturated/α-hetero) is 1. The van der Waals surface area contributed by atoms with E-state index in [9.17, 15) is 14.0 Å². The van der Waals surface area contributed by atoms with E-state index in [2.05, 4.69) is 25.3 Å². The number of carbonyl (C=O) groups excluding carboxylic acids is 1. The molecule has 0 saturated heterocycles. The van der Waals surface area contributed by atoms with Crippen LogP contribution in [-0.4, -0.2) is 28.8 Å². The highest BCUT2D eigenvalue weighted by Gasteiger charge is 2.32. The highest BCUT2D eigenvalue weighted by Crippen LogP contribution is 2.42. The molecule has 1 atom stereocenters. The lowest BCUT2D eigenvalue weighted by Gasteiger charge is -2.41. The maximum atomic E-state index is 14.4. The Bertz CT molecular complexity index is 1410. The fourth-order valence-electron chi connectivity index (χ4n) is 4.86. The number of likely N-dealkylation sites (N-methyl/N-ethyl adjacent to an activating group) is 1. The predicted molar refractivity (Wildman–Crippen MR) is 152 cm³/mol. The van der Waals surface area contributed by atoms with Gasteiger partial charge in [-0.15, -0.1) is 0 Å². The second-order valence-corrected chi connectivity index (χ2v) is 9.67. The van der Waals surface area contributed by atoms with Crippen molar-refractivity contribution in [2.75, 3.05) is 13.6 Å². The van der Waals surface area contributed by atoms with Gasteiger partial charge in [0.1, 0.15) is 5.82 Å². The number of nitrogens with zero attached hydrogens (tertiary/aromatic N) is 2. The first-order valence-electron chi connectivity index (χ1n) is 12.8. The predicted octanol–water partition coefficient (Wildman–Crippen LogP) is 7.25. The van der Waals surface area contributed by atoms with Gasteiger partial charge in [0.2, 0.25) is 0 Å². The minimum absolute atomic E-state index is 0.0541. The van der Waals surface area contributed by atoms with E-state index >= 15 is 0 Å². The van der Waals surface area contributed by atoms with Crippen LogP contribution in [0.25, 0.3) is 16.8 Å². The van der Waals surface area contributed by atoms with Crippen LogP contribution in [0.4, 0.5) is 4.39 Å². The largest absolute Gasteiger partial charge is 0.370 e. The molecule has 4 rings (SSSR count). The maximum Gasteiger partial charge on any atom is 0.193 e. The topological polar surface area (TPSA) is 42.3 Å². The van der Waals surface area contributed by atoms with Gasteiger partial charge in [-0.05, 0) is 48.6 Å². The molecule has 37 heavy (non-hydrogen) atoms. The molecule has 0 fully saturated rings. The summed E-state index contributed by atoms with van der Waals surface area (Å²) in [6.07, 6.45) is 1.69. The number of fused-ring (bicyclic) bond motifs is 1. The van der Waals surface area contributed by atoms with Crippen molar-refractivity contribution in [3.05, 3.63) is 111 Å². The fourth-order valence-corrected chi connectivity index (χ4v) is 4.86. The number of benzene rings is 2. The molecule has 0 N–H and O–H groups in total. The van der Waals surface area contributed by atoms with Gasteiger partial charge in [0, 0.05) is 31.4 Å². The standard InChI is InChI=1S/C30H31FN2O2.C2H6/c1-18(2)27-17-32(6)30(26-15-28(35)25(21(5)34)16-33(26)27)29(23-11-8-12-24(31)14-23)20(4)22-10-7-9-19(3)13-22;1-2/h7-16,18,27H,4,17H2,1-3,5-6H3;1-2H3/b30-29+;. The van der Waals surface area contributed by atoms with E-state index in [0.29, 0.717) is 17.8 Å². The van der Waals surface area contributed by atoms with E-state index in [4.69, 9.17) is 0 Å². The molecule has 0 aliphatic carbocycles. The first-order valence-corrected chi connectivity index (χ1v) is 12.8. The summed E-state index contributed by atoms with van der Waals surface area (Å²) in [6.45, 7) is 16.8. The monoisotopic (exact) mass is 500 g/mol. The zero-order chi connectivity index (χ0) is 27.4. The molecule has 0 amide bonds. The second kappa shape index (κ2) is 11.5. The minimum Gasteiger partial charge on any atom is -0.370 e. The smallest absolute Gasteiger partial charge is 0.193 e. The second-order valence-electron chi connectivity index (χ2n) is 9.67. The number of ketones is 1. The Kier molecular flexibility index (Phi) is 8.69. The van der Waals surface area contributed by atoms with Crippen LogP contribution in [-0.2, 0) is 0 Å². The van der Waals surface area contributed by atoms with Gasteiger partial charge < -0.3 is 9.47 Å². The highest BCUT2D eigenvalue weighted by atomic mass is 19.1. The quantitative estimate of drug-likeness (QED) is 0.347. The average Bonchev–Trinajstić information content (AvgIpc) is 2.86. The van der Waals surface area contributed by atoms with E-state index in [1.54, 1.807) is 18.3 Å². The molecule has 1 aliphatic rings. The molecule has 0 radical (unpaired) electrons. The summed E-state index contributed by atoms with van der Waals surface area (Å²) < 4.78 is 16.5. The SMILES string of the molecule is C=C(/C(=C1/c2cc(=O)c(C(C)=O)cn2C(C(C)C)CN1C)c1cccc(F)c1)c1cccc(C)c1.CC. The molecule has 5 heteroatoms. The molecule has 2 aromatic carbocycles. The van der Waals surface area contributed by atoms with Crippen LogP contribution in [0.2, 0.25) is 0 Å². The van der Waals surface area contributed by atoms with E-state index in [1.807, 2.05) is 62.7 Å². The van der Waals surface area contributed by atoms with Crippen LogP contribution in [0.1, 0.15) is 73.4 Å². The summed E-state index contributed by atoms with van der Waals surface area (Å²) in [5.74, 6) is -0.343. The zero-order valence-corrected chi connectivity index (χ0v) is 22.9. The first-order chi connectivity index (χ1) is 17.6. The van der Waals surface area contributed by atoms with Crippen LogP contribution < -0.4 is 5.43 Å². The minimum atomic E-state index is -0.347. The summed E-state index contributed by atoms with van der Waals surface area (Å²) >= 11 is 0. The number of hydrogen-bond donors (Lipinski definition) is 0. The third-order valence-electron chi connectivity index (χ3n) is 6.69. The van der Waals surface area contributed by atoms with E-state index in [1.165, 1.54) is 19.1 Å². The van der Waals surface area contributed by atoms with Gasteiger partial charge in [-0.2, -0.15) is 0 Å². The molecule has 0 bridgehead atoms. The van der Waals surface area contributed by atoms with Crippen LogP contribution in [0.15, 0.2) is 72.2 Å². The molecule has 0 spiro atoms. The molecule has 0 saturated carbocycles. The normalized spacial score (nSPS) is 16.0. The Morgan fingerprint density at radius 2 is 1.70 bits per heavy atom. The zero-order valence-electron chi connectivity index (χ0n) is 22.9. The number of hydrogen-bond acceptors (Lipinski definition) is 3. The van der Waals surface area contributed by atoms with Gasteiger partial charge in [0.25, 0.3) is 0 Å². The lowest BCUT2D eigenvalue weighted by Crippen LogP contribution is -2.39. The van der Waals surface area contributed by atoms with Crippen molar-refractivity contribution < 1.29 is 9.18 Å². The summed E-state index contributed by atoms with van der Waals surface area (Å²) in [5.41, 5.74) is 5.51. The first kappa shape index (κ1) is 27.9. The molecular formula is C32H37FN2O2. The van der Waals surface area contributed by atoms with Gasteiger partial charge in [-0.25, -0.2) is 4.39 Å².